The second kappa shape index (κ2) is 4.72. The van der Waals surface area contributed by atoms with Crippen LogP contribution in [0.4, 0.5) is 0 Å². The molecule has 1 aliphatic rings. The van der Waals surface area contributed by atoms with E-state index in [1.165, 1.54) is 0 Å². The van der Waals surface area contributed by atoms with Crippen LogP contribution in [0.5, 0.6) is 0 Å². The number of rotatable bonds is 4. The molecule has 1 aliphatic carbocycles. The molecule has 1 fully saturated rings. The zero-order chi connectivity index (χ0) is 12.4. The number of carbonyl (C=O) groups is 1. The number of hydrogen-bond donors (Lipinski definition) is 2. The molecular formula is C12H23NO3. The summed E-state index contributed by atoms with van der Waals surface area (Å²) >= 11 is 0. The molecule has 16 heavy (non-hydrogen) atoms. The molecule has 2 atom stereocenters. The summed E-state index contributed by atoms with van der Waals surface area (Å²) in [5.41, 5.74) is 5.24. The standard InChI is InChI=1S/C12H23NO3/c1-11(2,13)12(8-10(14)15)7-5-4-6-9(12)16-3/h9H,4-8,13H2,1-3H3,(H,14,15). The van der Waals surface area contributed by atoms with Crippen molar-refractivity contribution >= 4 is 5.97 Å². The second-order valence-electron chi connectivity index (χ2n) is 5.42. The monoisotopic (exact) mass is 229 g/mol. The third kappa shape index (κ3) is 2.38. The van der Waals surface area contributed by atoms with Gasteiger partial charge in [-0.05, 0) is 26.7 Å². The Morgan fingerprint density at radius 2 is 2.19 bits per heavy atom. The second-order valence-corrected chi connectivity index (χ2v) is 5.42. The van der Waals surface area contributed by atoms with Crippen molar-refractivity contribution in [2.75, 3.05) is 7.11 Å². The fourth-order valence-electron chi connectivity index (χ4n) is 2.99. The Balaban J connectivity index is 3.04. The normalized spacial score (nSPS) is 31.4. The summed E-state index contributed by atoms with van der Waals surface area (Å²) in [6, 6.07) is 0. The average molecular weight is 229 g/mol. The number of carboxylic acids is 1. The predicted molar refractivity (Wildman–Crippen MR) is 62.2 cm³/mol. The van der Waals surface area contributed by atoms with Gasteiger partial charge in [0.25, 0.3) is 0 Å². The summed E-state index contributed by atoms with van der Waals surface area (Å²) in [7, 11) is 1.65. The molecular weight excluding hydrogens is 206 g/mol. The van der Waals surface area contributed by atoms with Gasteiger partial charge in [-0.15, -0.1) is 0 Å². The SMILES string of the molecule is COC1CCCCC1(CC(=O)O)C(C)(C)N. The summed E-state index contributed by atoms with van der Waals surface area (Å²) in [6.45, 7) is 3.82. The molecule has 3 N–H and O–H groups in total. The summed E-state index contributed by atoms with van der Waals surface area (Å²) in [5.74, 6) is -0.789. The van der Waals surface area contributed by atoms with E-state index in [9.17, 15) is 4.79 Å². The first-order valence-electron chi connectivity index (χ1n) is 5.87. The molecule has 0 spiro atoms. The quantitative estimate of drug-likeness (QED) is 0.770. The highest BCUT2D eigenvalue weighted by molar-refractivity contribution is 5.68. The number of hydrogen-bond acceptors (Lipinski definition) is 3. The third-order valence-corrected chi connectivity index (χ3v) is 3.99. The van der Waals surface area contributed by atoms with Crippen molar-refractivity contribution in [1.29, 1.82) is 0 Å². The van der Waals surface area contributed by atoms with Gasteiger partial charge in [0.05, 0.1) is 12.5 Å². The first kappa shape index (κ1) is 13.5. The molecule has 4 nitrogen and oxygen atoms in total. The topological polar surface area (TPSA) is 72.5 Å². The van der Waals surface area contributed by atoms with Crippen LogP contribution in [-0.4, -0.2) is 29.8 Å². The van der Waals surface area contributed by atoms with E-state index in [2.05, 4.69) is 0 Å². The van der Waals surface area contributed by atoms with Crippen LogP contribution >= 0.6 is 0 Å². The molecule has 1 saturated carbocycles. The van der Waals surface area contributed by atoms with Gasteiger partial charge in [-0.3, -0.25) is 4.79 Å². The van der Waals surface area contributed by atoms with Gasteiger partial charge in [0.1, 0.15) is 0 Å². The molecule has 0 aromatic heterocycles. The van der Waals surface area contributed by atoms with Crippen molar-refractivity contribution in [2.45, 2.75) is 57.6 Å². The Labute approximate surface area is 97.2 Å². The van der Waals surface area contributed by atoms with E-state index in [0.29, 0.717) is 0 Å². The zero-order valence-electron chi connectivity index (χ0n) is 10.5. The highest BCUT2D eigenvalue weighted by atomic mass is 16.5. The number of aliphatic carboxylic acids is 1. The van der Waals surface area contributed by atoms with E-state index in [1.54, 1.807) is 7.11 Å². The molecule has 2 unspecified atom stereocenters. The van der Waals surface area contributed by atoms with Crippen LogP contribution < -0.4 is 5.73 Å². The molecule has 0 amide bonds. The minimum Gasteiger partial charge on any atom is -0.481 e. The fraction of sp³-hybridized carbons (Fsp3) is 0.917. The average Bonchev–Trinajstić information content (AvgIpc) is 2.15. The van der Waals surface area contributed by atoms with Crippen LogP contribution in [0.3, 0.4) is 0 Å². The smallest absolute Gasteiger partial charge is 0.304 e. The fourth-order valence-corrected chi connectivity index (χ4v) is 2.99. The van der Waals surface area contributed by atoms with Gasteiger partial charge in [-0.1, -0.05) is 12.8 Å². The Morgan fingerprint density at radius 1 is 1.56 bits per heavy atom. The minimum absolute atomic E-state index is 0.0441. The molecule has 0 bridgehead atoms. The number of ether oxygens (including phenoxy) is 1. The van der Waals surface area contributed by atoms with E-state index >= 15 is 0 Å². The summed E-state index contributed by atoms with van der Waals surface area (Å²) in [4.78, 5) is 11.1. The van der Waals surface area contributed by atoms with Crippen LogP contribution in [0, 0.1) is 5.41 Å². The lowest BCUT2D eigenvalue weighted by Gasteiger charge is -2.51. The van der Waals surface area contributed by atoms with Crippen LogP contribution in [0.25, 0.3) is 0 Å². The van der Waals surface area contributed by atoms with Gasteiger partial charge in [0, 0.05) is 18.1 Å². The lowest BCUT2D eigenvalue weighted by Crippen LogP contribution is -2.59. The Hall–Kier alpha value is -0.610. The number of methoxy groups -OCH3 is 1. The molecule has 0 heterocycles. The lowest BCUT2D eigenvalue weighted by atomic mass is 9.59. The Kier molecular flexibility index (Phi) is 3.97. The first-order valence-corrected chi connectivity index (χ1v) is 5.87. The van der Waals surface area contributed by atoms with Gasteiger partial charge in [0.2, 0.25) is 0 Å². The molecule has 4 heteroatoms. The lowest BCUT2D eigenvalue weighted by molar-refractivity contribution is -0.149. The predicted octanol–water partition coefficient (Wildman–Crippen LogP) is 1.77. The van der Waals surface area contributed by atoms with Crippen molar-refractivity contribution in [1.82, 2.24) is 0 Å². The van der Waals surface area contributed by atoms with E-state index in [-0.39, 0.29) is 12.5 Å². The maximum absolute atomic E-state index is 11.1. The van der Waals surface area contributed by atoms with Crippen molar-refractivity contribution in [3.63, 3.8) is 0 Å². The van der Waals surface area contributed by atoms with Crippen LogP contribution in [-0.2, 0) is 9.53 Å². The highest BCUT2D eigenvalue weighted by Crippen LogP contribution is 2.47. The van der Waals surface area contributed by atoms with Crippen molar-refractivity contribution in [2.24, 2.45) is 11.1 Å². The molecule has 0 radical (unpaired) electrons. The van der Waals surface area contributed by atoms with Crippen molar-refractivity contribution in [3.8, 4) is 0 Å². The number of carboxylic acid groups (broad SMARTS) is 1. The van der Waals surface area contributed by atoms with E-state index in [1.807, 2.05) is 13.8 Å². The van der Waals surface area contributed by atoms with Crippen molar-refractivity contribution < 1.29 is 14.6 Å². The molecule has 1 rings (SSSR count). The summed E-state index contributed by atoms with van der Waals surface area (Å²) < 4.78 is 5.49. The van der Waals surface area contributed by atoms with Crippen LogP contribution in [0.2, 0.25) is 0 Å². The molecule has 0 aromatic carbocycles. The Morgan fingerprint density at radius 3 is 2.62 bits per heavy atom. The maximum Gasteiger partial charge on any atom is 0.304 e. The third-order valence-electron chi connectivity index (χ3n) is 3.99. The maximum atomic E-state index is 11.1. The number of nitrogens with two attached hydrogens (primary N) is 1. The molecule has 94 valence electrons. The highest BCUT2D eigenvalue weighted by Gasteiger charge is 2.51. The van der Waals surface area contributed by atoms with Gasteiger partial charge in [-0.25, -0.2) is 0 Å². The van der Waals surface area contributed by atoms with Crippen molar-refractivity contribution in [3.05, 3.63) is 0 Å². The molecule has 0 aliphatic heterocycles. The molecule has 0 saturated heterocycles. The largest absolute Gasteiger partial charge is 0.481 e. The van der Waals surface area contributed by atoms with Gasteiger partial charge in [-0.2, -0.15) is 0 Å². The van der Waals surface area contributed by atoms with Gasteiger partial charge >= 0.3 is 5.97 Å². The zero-order valence-corrected chi connectivity index (χ0v) is 10.5. The van der Waals surface area contributed by atoms with Crippen LogP contribution in [0.15, 0.2) is 0 Å². The van der Waals surface area contributed by atoms with E-state index < -0.39 is 16.9 Å². The van der Waals surface area contributed by atoms with Gasteiger partial charge in [0.15, 0.2) is 0 Å². The van der Waals surface area contributed by atoms with Gasteiger partial charge < -0.3 is 15.6 Å². The van der Waals surface area contributed by atoms with E-state index in [4.69, 9.17) is 15.6 Å². The molecule has 0 aromatic rings. The minimum atomic E-state index is -0.789. The van der Waals surface area contributed by atoms with E-state index in [0.717, 1.165) is 25.7 Å². The first-order chi connectivity index (χ1) is 7.33. The summed E-state index contributed by atoms with van der Waals surface area (Å²) in [6.07, 6.45) is 3.92. The summed E-state index contributed by atoms with van der Waals surface area (Å²) in [5, 5.41) is 9.10. The Bertz CT molecular complexity index is 259. The van der Waals surface area contributed by atoms with Crippen LogP contribution in [0.1, 0.15) is 46.0 Å².